The number of aliphatic hydroxyl groups excluding tert-OH is 1. The van der Waals surface area contributed by atoms with Gasteiger partial charge in [0.1, 0.15) is 0 Å². The van der Waals surface area contributed by atoms with E-state index in [2.05, 4.69) is 51.2 Å². The lowest BCUT2D eigenvalue weighted by molar-refractivity contribution is -0.0510. The van der Waals surface area contributed by atoms with Crippen LogP contribution in [0.15, 0.2) is 18.2 Å². The lowest BCUT2D eigenvalue weighted by Crippen LogP contribution is -2.56. The van der Waals surface area contributed by atoms with Crippen molar-refractivity contribution < 1.29 is 5.11 Å². The Labute approximate surface area is 104 Å². The van der Waals surface area contributed by atoms with Gasteiger partial charge in [0.25, 0.3) is 0 Å². The maximum absolute atomic E-state index is 9.73. The van der Waals surface area contributed by atoms with Gasteiger partial charge in [0.05, 0.1) is 6.10 Å². The van der Waals surface area contributed by atoms with Crippen molar-refractivity contribution in [1.29, 1.82) is 0 Å². The van der Waals surface area contributed by atoms with Crippen LogP contribution >= 0.6 is 0 Å². The fourth-order valence-corrected chi connectivity index (χ4v) is 2.49. The maximum atomic E-state index is 9.73. The smallest absolute Gasteiger partial charge is 0.0630 e. The number of nitrogens with one attached hydrogen (secondary N) is 1. The molecule has 0 aromatic heterocycles. The van der Waals surface area contributed by atoms with Crippen LogP contribution < -0.4 is 5.32 Å². The molecule has 1 aliphatic rings. The molecule has 17 heavy (non-hydrogen) atoms. The van der Waals surface area contributed by atoms with E-state index in [1.807, 2.05) is 0 Å². The summed E-state index contributed by atoms with van der Waals surface area (Å²) >= 11 is 0. The van der Waals surface area contributed by atoms with Gasteiger partial charge >= 0.3 is 0 Å². The number of hydrogen-bond donors (Lipinski definition) is 2. The van der Waals surface area contributed by atoms with Crippen molar-refractivity contribution >= 4 is 5.69 Å². The van der Waals surface area contributed by atoms with E-state index in [-0.39, 0.29) is 11.5 Å². The molecule has 0 amide bonds. The minimum atomic E-state index is -0.170. The van der Waals surface area contributed by atoms with Crippen LogP contribution in [0, 0.1) is 12.3 Å². The average molecular weight is 233 g/mol. The summed E-state index contributed by atoms with van der Waals surface area (Å²) in [5.41, 5.74) is 3.91. The Bertz CT molecular complexity index is 411. The van der Waals surface area contributed by atoms with Crippen LogP contribution in [0.1, 0.15) is 38.3 Å². The molecule has 2 unspecified atom stereocenters. The molecule has 2 atom stereocenters. The zero-order valence-corrected chi connectivity index (χ0v) is 11.2. The lowest BCUT2D eigenvalue weighted by Gasteiger charge is -2.49. The average Bonchev–Trinajstić information content (AvgIpc) is 2.31. The highest BCUT2D eigenvalue weighted by Crippen LogP contribution is 2.42. The maximum Gasteiger partial charge on any atom is 0.0630 e. The Kier molecular flexibility index (Phi) is 3.17. The van der Waals surface area contributed by atoms with Crippen LogP contribution in [0.25, 0.3) is 0 Å². The SMILES string of the molecule is CCc1cc(NC2CC(O)C2(C)C)ccc1C. The predicted molar refractivity (Wildman–Crippen MR) is 72.4 cm³/mol. The van der Waals surface area contributed by atoms with Crippen molar-refractivity contribution in [3.8, 4) is 0 Å². The van der Waals surface area contributed by atoms with Crippen LogP contribution in [0.5, 0.6) is 0 Å². The highest BCUT2D eigenvalue weighted by atomic mass is 16.3. The van der Waals surface area contributed by atoms with Crippen LogP contribution in [0.4, 0.5) is 5.69 Å². The first-order valence-corrected chi connectivity index (χ1v) is 6.49. The molecule has 1 aromatic carbocycles. The molecule has 0 aliphatic heterocycles. The van der Waals surface area contributed by atoms with E-state index in [4.69, 9.17) is 0 Å². The molecule has 2 heteroatoms. The van der Waals surface area contributed by atoms with Crippen molar-refractivity contribution in [1.82, 2.24) is 0 Å². The molecule has 1 aromatic rings. The number of aliphatic hydroxyl groups is 1. The van der Waals surface area contributed by atoms with Crippen molar-refractivity contribution in [2.24, 2.45) is 5.41 Å². The summed E-state index contributed by atoms with van der Waals surface area (Å²) in [5.74, 6) is 0. The van der Waals surface area contributed by atoms with Crippen LogP contribution in [0.2, 0.25) is 0 Å². The summed E-state index contributed by atoms with van der Waals surface area (Å²) in [6.07, 6.45) is 1.75. The van der Waals surface area contributed by atoms with Gasteiger partial charge in [0, 0.05) is 17.1 Å². The van der Waals surface area contributed by atoms with E-state index in [0.29, 0.717) is 6.04 Å². The number of benzene rings is 1. The molecule has 1 saturated carbocycles. The van der Waals surface area contributed by atoms with Crippen LogP contribution in [0.3, 0.4) is 0 Å². The fraction of sp³-hybridized carbons (Fsp3) is 0.600. The standard InChI is InChI=1S/C15H23NO/c1-5-11-8-12(7-6-10(11)2)16-13-9-14(17)15(13,3)4/h6-8,13-14,16-17H,5,9H2,1-4H3. The number of rotatable bonds is 3. The Morgan fingerprint density at radius 1 is 1.41 bits per heavy atom. The summed E-state index contributed by atoms with van der Waals surface area (Å²) in [4.78, 5) is 0. The minimum absolute atomic E-state index is 0.0166. The summed E-state index contributed by atoms with van der Waals surface area (Å²) in [7, 11) is 0. The molecule has 1 fully saturated rings. The molecule has 0 bridgehead atoms. The van der Waals surface area contributed by atoms with Gasteiger partial charge < -0.3 is 10.4 Å². The quantitative estimate of drug-likeness (QED) is 0.840. The predicted octanol–water partition coefficient (Wildman–Crippen LogP) is 3.13. The number of hydrogen-bond acceptors (Lipinski definition) is 2. The van der Waals surface area contributed by atoms with Gasteiger partial charge in [0.2, 0.25) is 0 Å². The molecule has 1 aliphatic carbocycles. The third-order valence-electron chi connectivity index (χ3n) is 4.29. The van der Waals surface area contributed by atoms with Gasteiger partial charge in [-0.05, 0) is 43.0 Å². The fourth-order valence-electron chi connectivity index (χ4n) is 2.49. The topological polar surface area (TPSA) is 32.3 Å². The van der Waals surface area contributed by atoms with E-state index in [1.54, 1.807) is 0 Å². The summed E-state index contributed by atoms with van der Waals surface area (Å²) in [5, 5.41) is 13.3. The van der Waals surface area contributed by atoms with Gasteiger partial charge in [-0.1, -0.05) is 26.8 Å². The Morgan fingerprint density at radius 2 is 2.12 bits per heavy atom. The molecular weight excluding hydrogens is 210 g/mol. The third-order valence-corrected chi connectivity index (χ3v) is 4.29. The Balaban J connectivity index is 2.10. The molecular formula is C15H23NO. The second-order valence-corrected chi connectivity index (χ2v) is 5.76. The van der Waals surface area contributed by atoms with Gasteiger partial charge in [0.15, 0.2) is 0 Å². The van der Waals surface area contributed by atoms with Gasteiger partial charge in [-0.25, -0.2) is 0 Å². The molecule has 0 spiro atoms. The Hall–Kier alpha value is -1.02. The molecule has 2 nitrogen and oxygen atoms in total. The first-order chi connectivity index (χ1) is 7.95. The zero-order chi connectivity index (χ0) is 12.6. The molecule has 0 heterocycles. The largest absolute Gasteiger partial charge is 0.392 e. The third kappa shape index (κ3) is 2.19. The van der Waals surface area contributed by atoms with Crippen LogP contribution in [-0.2, 0) is 6.42 Å². The normalized spacial score (nSPS) is 26.4. The van der Waals surface area contributed by atoms with Gasteiger partial charge in [-0.2, -0.15) is 0 Å². The van der Waals surface area contributed by atoms with Crippen LogP contribution in [-0.4, -0.2) is 17.3 Å². The molecule has 0 saturated heterocycles. The second-order valence-electron chi connectivity index (χ2n) is 5.76. The van der Waals surface area contributed by atoms with E-state index in [9.17, 15) is 5.11 Å². The highest BCUT2D eigenvalue weighted by molar-refractivity contribution is 5.50. The van der Waals surface area contributed by atoms with Crippen molar-refractivity contribution in [3.05, 3.63) is 29.3 Å². The number of aryl methyl sites for hydroxylation is 2. The monoisotopic (exact) mass is 233 g/mol. The second kappa shape index (κ2) is 4.34. The van der Waals surface area contributed by atoms with E-state index >= 15 is 0 Å². The Morgan fingerprint density at radius 3 is 2.65 bits per heavy atom. The summed E-state index contributed by atoms with van der Waals surface area (Å²) in [6.45, 7) is 8.57. The summed E-state index contributed by atoms with van der Waals surface area (Å²) in [6, 6.07) is 6.92. The lowest BCUT2D eigenvalue weighted by atomic mass is 9.64. The van der Waals surface area contributed by atoms with E-state index in [0.717, 1.165) is 12.8 Å². The van der Waals surface area contributed by atoms with E-state index < -0.39 is 0 Å². The molecule has 2 rings (SSSR count). The van der Waals surface area contributed by atoms with Gasteiger partial charge in [-0.3, -0.25) is 0 Å². The number of anilines is 1. The first kappa shape index (κ1) is 12.4. The molecule has 2 N–H and O–H groups in total. The van der Waals surface area contributed by atoms with E-state index in [1.165, 1.54) is 16.8 Å². The van der Waals surface area contributed by atoms with Crippen molar-refractivity contribution in [2.75, 3.05) is 5.32 Å². The molecule has 0 radical (unpaired) electrons. The highest BCUT2D eigenvalue weighted by Gasteiger charge is 2.47. The zero-order valence-electron chi connectivity index (χ0n) is 11.2. The molecule has 94 valence electrons. The minimum Gasteiger partial charge on any atom is -0.392 e. The first-order valence-electron chi connectivity index (χ1n) is 6.49. The van der Waals surface area contributed by atoms with Gasteiger partial charge in [-0.15, -0.1) is 0 Å². The summed E-state index contributed by atoms with van der Waals surface area (Å²) < 4.78 is 0. The van der Waals surface area contributed by atoms with Crippen molar-refractivity contribution in [2.45, 2.75) is 52.7 Å². The van der Waals surface area contributed by atoms with Crippen molar-refractivity contribution in [3.63, 3.8) is 0 Å².